The maximum Gasteiger partial charge on any atom is 0.237 e. The van der Waals surface area contributed by atoms with Gasteiger partial charge in [0.05, 0.1) is 12.6 Å². The van der Waals surface area contributed by atoms with Crippen molar-refractivity contribution in [2.45, 2.75) is 31.8 Å². The molecule has 0 heterocycles. The largest absolute Gasteiger partial charge is 0.395 e. The molecule has 0 aromatic heterocycles. The van der Waals surface area contributed by atoms with Crippen molar-refractivity contribution in [1.82, 2.24) is 10.6 Å². The fraction of sp³-hybridized carbons (Fsp3) is 0.875. The number of hydrogen-bond acceptors (Lipinski definition) is 3. The highest BCUT2D eigenvalue weighted by Gasteiger charge is 2.25. The van der Waals surface area contributed by atoms with Crippen molar-refractivity contribution < 1.29 is 9.90 Å². The van der Waals surface area contributed by atoms with Crippen molar-refractivity contribution in [2.75, 3.05) is 13.2 Å². The van der Waals surface area contributed by atoms with Crippen LogP contribution in [0.2, 0.25) is 0 Å². The molecule has 0 spiro atoms. The second kappa shape index (κ2) is 4.42. The number of hydrogen-bond donors (Lipinski definition) is 3. The topological polar surface area (TPSA) is 61.4 Å². The maximum absolute atomic E-state index is 11.2. The molecule has 3 N–H and O–H groups in total. The van der Waals surface area contributed by atoms with Crippen molar-refractivity contribution in [3.8, 4) is 0 Å². The molecule has 0 radical (unpaired) electrons. The molecule has 4 heteroatoms. The molecule has 1 unspecified atom stereocenters. The quantitative estimate of drug-likeness (QED) is 0.510. The third-order valence-electron chi connectivity index (χ3n) is 1.88. The lowest BCUT2D eigenvalue weighted by molar-refractivity contribution is -0.122. The summed E-state index contributed by atoms with van der Waals surface area (Å²) < 4.78 is 0. The van der Waals surface area contributed by atoms with Gasteiger partial charge < -0.3 is 15.7 Å². The molecule has 1 saturated carbocycles. The van der Waals surface area contributed by atoms with Crippen LogP contribution in [-0.4, -0.2) is 36.2 Å². The Morgan fingerprint density at radius 3 is 2.83 bits per heavy atom. The Morgan fingerprint density at radius 2 is 2.33 bits per heavy atom. The number of amides is 1. The zero-order valence-corrected chi connectivity index (χ0v) is 7.34. The van der Waals surface area contributed by atoms with E-state index in [-0.39, 0.29) is 18.6 Å². The Balaban J connectivity index is 2.11. The molecule has 1 rings (SSSR count). The van der Waals surface area contributed by atoms with Crippen LogP contribution in [0.1, 0.15) is 19.8 Å². The highest BCUT2D eigenvalue weighted by Crippen LogP contribution is 2.18. The van der Waals surface area contributed by atoms with Crippen LogP contribution in [0.15, 0.2) is 0 Å². The van der Waals surface area contributed by atoms with E-state index < -0.39 is 0 Å². The molecule has 4 nitrogen and oxygen atoms in total. The molecule has 12 heavy (non-hydrogen) atoms. The third kappa shape index (κ3) is 3.19. The summed E-state index contributed by atoms with van der Waals surface area (Å²) in [6.45, 7) is 2.34. The SMILES string of the molecule is CC(NCCO)C(=O)NC1CC1. The summed E-state index contributed by atoms with van der Waals surface area (Å²) >= 11 is 0. The second-order valence-electron chi connectivity index (χ2n) is 3.18. The minimum absolute atomic E-state index is 0.0333. The van der Waals surface area contributed by atoms with Crippen molar-refractivity contribution >= 4 is 5.91 Å². The molecular weight excluding hydrogens is 156 g/mol. The molecule has 1 aliphatic rings. The molecule has 0 aromatic carbocycles. The van der Waals surface area contributed by atoms with Gasteiger partial charge in [-0.3, -0.25) is 4.79 Å². The van der Waals surface area contributed by atoms with Gasteiger partial charge in [-0.2, -0.15) is 0 Å². The molecule has 0 bridgehead atoms. The standard InChI is InChI=1S/C8H16N2O2/c1-6(9-4-5-11)8(12)10-7-2-3-7/h6-7,9,11H,2-5H2,1H3,(H,10,12). The molecule has 0 saturated heterocycles. The summed E-state index contributed by atoms with van der Waals surface area (Å²) in [4.78, 5) is 11.2. The van der Waals surface area contributed by atoms with Crippen LogP contribution in [0.4, 0.5) is 0 Å². The molecular formula is C8H16N2O2. The Kier molecular flexibility index (Phi) is 3.49. The lowest BCUT2D eigenvalue weighted by atomic mass is 10.3. The first-order valence-corrected chi connectivity index (χ1v) is 4.38. The number of aliphatic hydroxyl groups excluding tert-OH is 1. The predicted octanol–water partition coefficient (Wildman–Crippen LogP) is -0.765. The van der Waals surface area contributed by atoms with Crippen molar-refractivity contribution in [3.63, 3.8) is 0 Å². The minimum atomic E-state index is -0.197. The fourth-order valence-corrected chi connectivity index (χ4v) is 0.928. The van der Waals surface area contributed by atoms with E-state index in [0.717, 1.165) is 12.8 Å². The summed E-state index contributed by atoms with van der Waals surface area (Å²) in [7, 11) is 0. The average molecular weight is 172 g/mol. The fourth-order valence-electron chi connectivity index (χ4n) is 0.928. The maximum atomic E-state index is 11.2. The zero-order chi connectivity index (χ0) is 8.97. The molecule has 0 aromatic rings. The van der Waals surface area contributed by atoms with Crippen LogP contribution in [0.5, 0.6) is 0 Å². The first kappa shape index (κ1) is 9.48. The van der Waals surface area contributed by atoms with Gasteiger partial charge in [-0.15, -0.1) is 0 Å². The third-order valence-corrected chi connectivity index (χ3v) is 1.88. The number of aliphatic hydroxyl groups is 1. The van der Waals surface area contributed by atoms with Gasteiger partial charge in [0, 0.05) is 12.6 Å². The van der Waals surface area contributed by atoms with Crippen molar-refractivity contribution in [1.29, 1.82) is 0 Å². The van der Waals surface area contributed by atoms with E-state index in [1.165, 1.54) is 0 Å². The summed E-state index contributed by atoms with van der Waals surface area (Å²) in [5.41, 5.74) is 0. The smallest absolute Gasteiger partial charge is 0.237 e. The predicted molar refractivity (Wildman–Crippen MR) is 45.7 cm³/mol. The van der Waals surface area contributed by atoms with Gasteiger partial charge in [0.25, 0.3) is 0 Å². The monoisotopic (exact) mass is 172 g/mol. The van der Waals surface area contributed by atoms with Gasteiger partial charge in [0.1, 0.15) is 0 Å². The molecule has 70 valence electrons. The molecule has 1 fully saturated rings. The zero-order valence-electron chi connectivity index (χ0n) is 7.34. The second-order valence-corrected chi connectivity index (χ2v) is 3.18. The first-order valence-electron chi connectivity index (χ1n) is 4.38. The van der Waals surface area contributed by atoms with Crippen LogP contribution >= 0.6 is 0 Å². The van der Waals surface area contributed by atoms with E-state index in [4.69, 9.17) is 5.11 Å². The Morgan fingerprint density at radius 1 is 1.67 bits per heavy atom. The Hall–Kier alpha value is -0.610. The first-order chi connectivity index (χ1) is 5.74. The molecule has 0 aliphatic heterocycles. The lowest BCUT2D eigenvalue weighted by Gasteiger charge is -2.12. The Bertz CT molecular complexity index is 157. The van der Waals surface area contributed by atoms with Crippen LogP contribution in [0.25, 0.3) is 0 Å². The number of carbonyl (C=O) groups is 1. The van der Waals surface area contributed by atoms with Gasteiger partial charge in [-0.05, 0) is 19.8 Å². The number of rotatable bonds is 5. The average Bonchev–Trinajstić information content (AvgIpc) is 2.83. The van der Waals surface area contributed by atoms with E-state index in [9.17, 15) is 4.79 Å². The summed E-state index contributed by atoms with van der Waals surface area (Å²) in [5, 5.41) is 14.3. The normalized spacial score (nSPS) is 18.8. The molecule has 1 aliphatic carbocycles. The van der Waals surface area contributed by atoms with Gasteiger partial charge in [-0.25, -0.2) is 0 Å². The summed E-state index contributed by atoms with van der Waals surface area (Å²) in [6.07, 6.45) is 2.22. The molecule has 1 amide bonds. The summed E-state index contributed by atoms with van der Waals surface area (Å²) in [6, 6.07) is 0.216. The van der Waals surface area contributed by atoms with Gasteiger partial charge >= 0.3 is 0 Å². The number of nitrogens with one attached hydrogen (secondary N) is 2. The van der Waals surface area contributed by atoms with E-state index in [1.54, 1.807) is 6.92 Å². The van der Waals surface area contributed by atoms with E-state index in [1.807, 2.05) is 0 Å². The van der Waals surface area contributed by atoms with Gasteiger partial charge in [-0.1, -0.05) is 0 Å². The van der Waals surface area contributed by atoms with E-state index >= 15 is 0 Å². The van der Waals surface area contributed by atoms with Crippen molar-refractivity contribution in [2.24, 2.45) is 0 Å². The van der Waals surface area contributed by atoms with E-state index in [2.05, 4.69) is 10.6 Å². The lowest BCUT2D eigenvalue weighted by Crippen LogP contribution is -2.43. The number of carbonyl (C=O) groups excluding carboxylic acids is 1. The van der Waals surface area contributed by atoms with Crippen LogP contribution < -0.4 is 10.6 Å². The Labute approximate surface area is 72.3 Å². The van der Waals surface area contributed by atoms with E-state index in [0.29, 0.717) is 12.6 Å². The van der Waals surface area contributed by atoms with Crippen molar-refractivity contribution in [3.05, 3.63) is 0 Å². The summed E-state index contributed by atoms with van der Waals surface area (Å²) in [5.74, 6) is 0.0333. The minimum Gasteiger partial charge on any atom is -0.395 e. The van der Waals surface area contributed by atoms with Crippen LogP contribution in [0.3, 0.4) is 0 Å². The van der Waals surface area contributed by atoms with Crippen LogP contribution in [-0.2, 0) is 4.79 Å². The van der Waals surface area contributed by atoms with Crippen LogP contribution in [0, 0.1) is 0 Å². The van der Waals surface area contributed by atoms with Gasteiger partial charge in [0.2, 0.25) is 5.91 Å². The highest BCUT2D eigenvalue weighted by molar-refractivity contribution is 5.81. The highest BCUT2D eigenvalue weighted by atomic mass is 16.3. The van der Waals surface area contributed by atoms with Gasteiger partial charge in [0.15, 0.2) is 0 Å². The molecule has 1 atom stereocenters.